The molecule has 0 saturated carbocycles. The number of hydrogen-bond donors (Lipinski definition) is 2. The molecule has 0 radical (unpaired) electrons. The molecule has 2 aliphatic heterocycles. The summed E-state index contributed by atoms with van der Waals surface area (Å²) in [5, 5.41) is 6.69. The van der Waals surface area contributed by atoms with Gasteiger partial charge in [-0.2, -0.15) is 0 Å². The van der Waals surface area contributed by atoms with Crippen LogP contribution in [0.3, 0.4) is 0 Å². The third-order valence-corrected chi connectivity index (χ3v) is 7.20. The molecule has 4 rings (SSSR count). The van der Waals surface area contributed by atoms with Crippen molar-refractivity contribution in [3.63, 3.8) is 0 Å². The molecule has 0 aliphatic carbocycles. The van der Waals surface area contributed by atoms with Crippen molar-refractivity contribution in [1.82, 2.24) is 10.6 Å². The smallest absolute Gasteiger partial charge is 0.251 e. The van der Waals surface area contributed by atoms with Gasteiger partial charge in [-0.3, -0.25) is 4.79 Å². The molecule has 0 spiro atoms. The average molecular weight is 421 g/mol. The van der Waals surface area contributed by atoms with E-state index in [1.807, 2.05) is 0 Å². The van der Waals surface area contributed by atoms with Gasteiger partial charge in [0.15, 0.2) is 9.84 Å². The number of carbonyl (C=O) groups is 1. The minimum atomic E-state index is -3.50. The molecule has 7 heteroatoms. The summed E-state index contributed by atoms with van der Waals surface area (Å²) in [7, 11) is -3.50. The molecule has 1 amide bonds. The van der Waals surface area contributed by atoms with Crippen LogP contribution in [0.5, 0.6) is 0 Å². The van der Waals surface area contributed by atoms with Crippen molar-refractivity contribution in [2.45, 2.75) is 54.5 Å². The first kappa shape index (κ1) is 20.8. The molecule has 2 bridgehead atoms. The lowest BCUT2D eigenvalue weighted by molar-refractivity contribution is 0.0923. The highest BCUT2D eigenvalue weighted by Gasteiger charge is 2.34. The van der Waals surface area contributed by atoms with E-state index in [0.717, 1.165) is 12.8 Å². The number of fused-ring (bicyclic) bond motifs is 2. The van der Waals surface area contributed by atoms with E-state index in [4.69, 9.17) is 0 Å². The predicted octanol–water partition coefficient (Wildman–Crippen LogP) is 3.10. The van der Waals surface area contributed by atoms with Crippen molar-refractivity contribution in [2.75, 3.05) is 0 Å². The van der Waals surface area contributed by atoms with E-state index in [-0.39, 0.29) is 35.0 Å². The fourth-order valence-corrected chi connectivity index (χ4v) is 5.62. The molecule has 2 aromatic rings. The second kappa shape index (κ2) is 8.64. The van der Waals surface area contributed by atoms with Crippen molar-refractivity contribution >= 4 is 28.2 Å². The zero-order chi connectivity index (χ0) is 18.9. The second-order valence-electron chi connectivity index (χ2n) is 7.51. The van der Waals surface area contributed by atoms with Gasteiger partial charge in [0, 0.05) is 23.7 Å². The van der Waals surface area contributed by atoms with Crippen molar-refractivity contribution < 1.29 is 13.2 Å². The maximum atomic E-state index is 12.9. The summed E-state index contributed by atoms with van der Waals surface area (Å²) >= 11 is 0. The van der Waals surface area contributed by atoms with Gasteiger partial charge in [0.1, 0.15) is 0 Å². The van der Waals surface area contributed by atoms with Crippen LogP contribution in [0.1, 0.15) is 41.6 Å². The molecular weight excluding hydrogens is 396 g/mol. The normalized spacial score (nSPS) is 23.6. The minimum absolute atomic E-state index is 0. The summed E-state index contributed by atoms with van der Waals surface area (Å²) in [4.78, 5) is 13.1. The second-order valence-corrected chi connectivity index (χ2v) is 9.50. The third-order valence-electron chi connectivity index (χ3n) is 5.52. The molecule has 28 heavy (non-hydrogen) atoms. The van der Waals surface area contributed by atoms with Gasteiger partial charge in [0.2, 0.25) is 0 Å². The molecule has 2 fully saturated rings. The van der Waals surface area contributed by atoms with Crippen molar-refractivity contribution in [1.29, 1.82) is 0 Å². The fourth-order valence-electron chi connectivity index (χ4n) is 4.22. The van der Waals surface area contributed by atoms with Crippen molar-refractivity contribution in [3.05, 3.63) is 65.7 Å². The fraction of sp³-hybridized carbons (Fsp3) is 0.381. The maximum absolute atomic E-state index is 12.9. The molecule has 2 N–H and O–H groups in total. The highest BCUT2D eigenvalue weighted by Crippen LogP contribution is 2.27. The van der Waals surface area contributed by atoms with Crippen molar-refractivity contribution in [2.24, 2.45) is 0 Å². The SMILES string of the molecule is Cl.O=C(NC1CC2CCC(C1)N2)c1ccccc1CS(=O)(=O)c1ccccc1. The van der Waals surface area contributed by atoms with Crippen LogP contribution in [-0.2, 0) is 15.6 Å². The van der Waals surface area contributed by atoms with Crippen LogP contribution in [0.2, 0.25) is 0 Å². The van der Waals surface area contributed by atoms with E-state index in [1.54, 1.807) is 54.6 Å². The molecule has 150 valence electrons. The molecular formula is C21H25ClN2O3S. The number of benzene rings is 2. The zero-order valence-electron chi connectivity index (χ0n) is 15.5. The van der Waals surface area contributed by atoms with Crippen LogP contribution in [-0.4, -0.2) is 32.5 Å². The Kier molecular flexibility index (Phi) is 6.43. The van der Waals surface area contributed by atoms with E-state index in [9.17, 15) is 13.2 Å². The Labute approximate surface area is 172 Å². The van der Waals surface area contributed by atoms with Gasteiger partial charge in [0.05, 0.1) is 10.6 Å². The third kappa shape index (κ3) is 4.57. The molecule has 2 heterocycles. The van der Waals surface area contributed by atoms with Gasteiger partial charge >= 0.3 is 0 Å². The first-order valence-corrected chi connectivity index (χ1v) is 11.1. The van der Waals surface area contributed by atoms with Crippen LogP contribution in [0.4, 0.5) is 0 Å². The van der Waals surface area contributed by atoms with Gasteiger partial charge < -0.3 is 10.6 Å². The molecule has 2 aromatic carbocycles. The highest BCUT2D eigenvalue weighted by molar-refractivity contribution is 7.90. The summed E-state index contributed by atoms with van der Waals surface area (Å²) in [6, 6.07) is 16.5. The largest absolute Gasteiger partial charge is 0.349 e. The number of rotatable bonds is 5. The topological polar surface area (TPSA) is 75.3 Å². The molecule has 2 aliphatic rings. The Bertz CT molecular complexity index is 922. The number of piperidine rings is 1. The van der Waals surface area contributed by atoms with Crippen LogP contribution < -0.4 is 10.6 Å². The number of hydrogen-bond acceptors (Lipinski definition) is 4. The molecule has 5 nitrogen and oxygen atoms in total. The minimum Gasteiger partial charge on any atom is -0.349 e. The number of halogens is 1. The number of amides is 1. The zero-order valence-corrected chi connectivity index (χ0v) is 17.1. The summed E-state index contributed by atoms with van der Waals surface area (Å²) in [6.45, 7) is 0. The van der Waals surface area contributed by atoms with Gasteiger partial charge in [-0.15, -0.1) is 12.4 Å². The average Bonchev–Trinajstić information content (AvgIpc) is 3.01. The lowest BCUT2D eigenvalue weighted by Gasteiger charge is -2.29. The van der Waals surface area contributed by atoms with E-state index in [0.29, 0.717) is 23.2 Å². The van der Waals surface area contributed by atoms with Crippen molar-refractivity contribution in [3.8, 4) is 0 Å². The van der Waals surface area contributed by atoms with Crippen LogP contribution in [0.15, 0.2) is 59.5 Å². The van der Waals surface area contributed by atoms with E-state index >= 15 is 0 Å². The Morgan fingerprint density at radius 2 is 1.57 bits per heavy atom. The van der Waals surface area contributed by atoms with E-state index in [1.165, 1.54) is 12.8 Å². The Morgan fingerprint density at radius 3 is 2.25 bits per heavy atom. The predicted molar refractivity (Wildman–Crippen MR) is 111 cm³/mol. The summed E-state index contributed by atoms with van der Waals surface area (Å²) in [5.74, 6) is -0.363. The van der Waals surface area contributed by atoms with Gasteiger partial charge in [-0.05, 0) is 49.4 Å². The van der Waals surface area contributed by atoms with E-state index in [2.05, 4.69) is 10.6 Å². The summed E-state index contributed by atoms with van der Waals surface area (Å²) in [6.07, 6.45) is 4.21. The molecule has 2 unspecified atom stereocenters. The van der Waals surface area contributed by atoms with Crippen LogP contribution in [0, 0.1) is 0 Å². The Hall–Kier alpha value is -1.89. The highest BCUT2D eigenvalue weighted by atomic mass is 35.5. The van der Waals surface area contributed by atoms with Crippen LogP contribution in [0.25, 0.3) is 0 Å². The van der Waals surface area contributed by atoms with Gasteiger partial charge in [0.25, 0.3) is 5.91 Å². The maximum Gasteiger partial charge on any atom is 0.251 e. The number of carbonyl (C=O) groups excluding carboxylic acids is 1. The number of sulfone groups is 1. The first-order chi connectivity index (χ1) is 13.0. The summed E-state index contributed by atoms with van der Waals surface area (Å²) < 4.78 is 25.4. The van der Waals surface area contributed by atoms with E-state index < -0.39 is 9.84 Å². The monoisotopic (exact) mass is 420 g/mol. The quantitative estimate of drug-likeness (QED) is 0.779. The van der Waals surface area contributed by atoms with Gasteiger partial charge in [-0.1, -0.05) is 36.4 Å². The lowest BCUT2D eigenvalue weighted by atomic mass is 9.99. The lowest BCUT2D eigenvalue weighted by Crippen LogP contribution is -2.48. The summed E-state index contributed by atoms with van der Waals surface area (Å²) in [5.41, 5.74) is 0.985. The molecule has 2 saturated heterocycles. The Morgan fingerprint density at radius 1 is 0.964 bits per heavy atom. The van der Waals surface area contributed by atoms with Gasteiger partial charge in [-0.25, -0.2) is 8.42 Å². The molecule has 0 aromatic heterocycles. The number of nitrogens with one attached hydrogen (secondary N) is 2. The first-order valence-electron chi connectivity index (χ1n) is 9.44. The standard InChI is InChI=1S/C21H24N2O3S.ClH/c24-21(23-18-12-16-10-11-17(13-18)22-16)20-9-5-4-6-15(20)14-27(25,26)19-7-2-1-3-8-19;/h1-9,16-18,22H,10-14H2,(H,23,24);1H. The van der Waals surface area contributed by atoms with Crippen LogP contribution >= 0.6 is 12.4 Å². The molecule has 2 atom stereocenters. The Balaban J connectivity index is 0.00000225.